The van der Waals surface area contributed by atoms with Gasteiger partial charge in [-0.15, -0.1) is 0 Å². The van der Waals surface area contributed by atoms with Crippen molar-refractivity contribution in [1.82, 2.24) is 10.1 Å². The standard InChI is InChI=1S/C20H19N3O5/c1-3-16(18(24)22-17-12-13(2)28-23-17)27-20(25)15-10-7-11-21-19(15)26-14-8-5-4-6-9-14/h4-12,16H,3H2,1-2H3,(H,22,23,24). The van der Waals surface area contributed by atoms with Crippen LogP contribution in [0.3, 0.4) is 0 Å². The molecule has 1 aromatic carbocycles. The Morgan fingerprint density at radius 2 is 1.96 bits per heavy atom. The lowest BCUT2D eigenvalue weighted by atomic mass is 10.2. The van der Waals surface area contributed by atoms with Gasteiger partial charge in [-0.2, -0.15) is 0 Å². The molecule has 0 bridgehead atoms. The van der Waals surface area contributed by atoms with Gasteiger partial charge in [0.25, 0.3) is 5.91 Å². The van der Waals surface area contributed by atoms with Crippen LogP contribution in [0, 0.1) is 6.92 Å². The molecule has 0 saturated heterocycles. The summed E-state index contributed by atoms with van der Waals surface area (Å²) in [5.74, 6) is 0.225. The van der Waals surface area contributed by atoms with Crippen LogP contribution < -0.4 is 10.1 Å². The average molecular weight is 381 g/mol. The fourth-order valence-electron chi connectivity index (χ4n) is 2.37. The molecule has 3 rings (SSSR count). The first kappa shape index (κ1) is 19.1. The van der Waals surface area contributed by atoms with E-state index < -0.39 is 18.0 Å². The van der Waals surface area contributed by atoms with E-state index in [0.717, 1.165) is 0 Å². The normalized spacial score (nSPS) is 11.5. The summed E-state index contributed by atoms with van der Waals surface area (Å²) in [6, 6.07) is 13.6. The number of para-hydroxylation sites is 1. The molecule has 3 aromatic rings. The van der Waals surface area contributed by atoms with Gasteiger partial charge in [-0.25, -0.2) is 9.78 Å². The predicted molar refractivity (Wildman–Crippen MR) is 100 cm³/mol. The minimum Gasteiger partial charge on any atom is -0.449 e. The molecule has 1 unspecified atom stereocenters. The first-order valence-electron chi connectivity index (χ1n) is 8.70. The van der Waals surface area contributed by atoms with Crippen LogP contribution in [0.5, 0.6) is 11.6 Å². The van der Waals surface area contributed by atoms with Crippen LogP contribution >= 0.6 is 0 Å². The van der Waals surface area contributed by atoms with Gasteiger partial charge in [-0.1, -0.05) is 30.3 Å². The SMILES string of the molecule is CCC(OC(=O)c1cccnc1Oc1ccccc1)C(=O)Nc1cc(C)on1. The second kappa shape index (κ2) is 8.81. The fourth-order valence-corrected chi connectivity index (χ4v) is 2.37. The first-order chi connectivity index (χ1) is 13.6. The number of amides is 1. The van der Waals surface area contributed by atoms with E-state index in [4.69, 9.17) is 14.0 Å². The maximum atomic E-state index is 12.6. The lowest BCUT2D eigenvalue weighted by Crippen LogP contribution is -2.32. The number of benzene rings is 1. The molecule has 0 aliphatic carbocycles. The number of rotatable bonds is 7. The predicted octanol–water partition coefficient (Wildman–Crippen LogP) is 3.74. The molecule has 1 atom stereocenters. The van der Waals surface area contributed by atoms with Gasteiger partial charge in [0.05, 0.1) is 0 Å². The number of carbonyl (C=O) groups excluding carboxylic acids is 2. The summed E-state index contributed by atoms with van der Waals surface area (Å²) in [7, 11) is 0. The van der Waals surface area contributed by atoms with Crippen LogP contribution in [0.1, 0.15) is 29.5 Å². The summed E-state index contributed by atoms with van der Waals surface area (Å²) in [6.45, 7) is 3.44. The van der Waals surface area contributed by atoms with Gasteiger partial charge in [-0.3, -0.25) is 4.79 Å². The lowest BCUT2D eigenvalue weighted by molar-refractivity contribution is -0.124. The Bertz CT molecular complexity index is 955. The summed E-state index contributed by atoms with van der Waals surface area (Å²) < 4.78 is 15.9. The van der Waals surface area contributed by atoms with Crippen LogP contribution in [-0.4, -0.2) is 28.1 Å². The fraction of sp³-hybridized carbons (Fsp3) is 0.200. The Kier molecular flexibility index (Phi) is 6.01. The molecule has 0 spiro atoms. The summed E-state index contributed by atoms with van der Waals surface area (Å²) in [6.07, 6.45) is 0.782. The third-order valence-electron chi connectivity index (χ3n) is 3.74. The monoisotopic (exact) mass is 381 g/mol. The molecular weight excluding hydrogens is 362 g/mol. The van der Waals surface area contributed by atoms with E-state index in [9.17, 15) is 9.59 Å². The van der Waals surface area contributed by atoms with E-state index in [1.54, 1.807) is 50.2 Å². The number of pyridine rings is 1. The van der Waals surface area contributed by atoms with Crippen LogP contribution in [-0.2, 0) is 9.53 Å². The molecule has 1 N–H and O–H groups in total. The highest BCUT2D eigenvalue weighted by molar-refractivity contribution is 5.97. The molecule has 0 aliphatic rings. The number of hydrogen-bond acceptors (Lipinski definition) is 7. The molecule has 144 valence electrons. The number of ether oxygens (including phenoxy) is 2. The smallest absolute Gasteiger partial charge is 0.344 e. The van der Waals surface area contributed by atoms with Crippen molar-refractivity contribution < 1.29 is 23.6 Å². The zero-order chi connectivity index (χ0) is 19.9. The number of aryl methyl sites for hydroxylation is 1. The van der Waals surface area contributed by atoms with E-state index in [1.807, 2.05) is 6.07 Å². The summed E-state index contributed by atoms with van der Waals surface area (Å²) in [4.78, 5) is 29.1. The lowest BCUT2D eigenvalue weighted by Gasteiger charge is -2.16. The van der Waals surface area contributed by atoms with Crippen LogP contribution in [0.15, 0.2) is 59.3 Å². The highest BCUT2D eigenvalue weighted by Crippen LogP contribution is 2.23. The van der Waals surface area contributed by atoms with Crippen molar-refractivity contribution in [3.05, 3.63) is 66.1 Å². The maximum absolute atomic E-state index is 12.6. The third-order valence-corrected chi connectivity index (χ3v) is 3.74. The van der Waals surface area contributed by atoms with Gasteiger partial charge in [0.2, 0.25) is 5.88 Å². The van der Waals surface area contributed by atoms with Crippen molar-refractivity contribution in [1.29, 1.82) is 0 Å². The number of aromatic nitrogens is 2. The number of nitrogens with zero attached hydrogens (tertiary/aromatic N) is 2. The largest absolute Gasteiger partial charge is 0.449 e. The Hall–Kier alpha value is -3.68. The maximum Gasteiger partial charge on any atom is 0.344 e. The molecule has 0 fully saturated rings. The molecule has 0 aliphatic heterocycles. The van der Waals surface area contributed by atoms with Crippen molar-refractivity contribution >= 4 is 17.7 Å². The Balaban J connectivity index is 1.71. The second-order valence-electron chi connectivity index (χ2n) is 5.89. The molecule has 0 radical (unpaired) electrons. The average Bonchev–Trinajstić information content (AvgIpc) is 3.11. The summed E-state index contributed by atoms with van der Waals surface area (Å²) in [5, 5.41) is 6.25. The van der Waals surface area contributed by atoms with Gasteiger partial charge in [0.1, 0.15) is 17.1 Å². The van der Waals surface area contributed by atoms with Crippen molar-refractivity contribution in [3.63, 3.8) is 0 Å². The van der Waals surface area contributed by atoms with Crippen molar-refractivity contribution in [3.8, 4) is 11.6 Å². The highest BCUT2D eigenvalue weighted by atomic mass is 16.6. The minimum absolute atomic E-state index is 0.0982. The van der Waals surface area contributed by atoms with E-state index in [1.165, 1.54) is 12.3 Å². The Labute approximate surface area is 161 Å². The van der Waals surface area contributed by atoms with Gasteiger partial charge in [0.15, 0.2) is 11.9 Å². The molecule has 2 heterocycles. The molecule has 8 heteroatoms. The molecule has 2 aromatic heterocycles. The quantitative estimate of drug-likeness (QED) is 0.622. The third kappa shape index (κ3) is 4.73. The number of esters is 1. The zero-order valence-electron chi connectivity index (χ0n) is 15.4. The second-order valence-corrected chi connectivity index (χ2v) is 5.89. The molecule has 0 saturated carbocycles. The molecule has 8 nitrogen and oxygen atoms in total. The van der Waals surface area contributed by atoms with E-state index in [-0.39, 0.29) is 23.7 Å². The number of carbonyl (C=O) groups is 2. The van der Waals surface area contributed by atoms with Crippen molar-refractivity contribution in [2.24, 2.45) is 0 Å². The molecular formula is C20H19N3O5. The van der Waals surface area contributed by atoms with E-state index in [0.29, 0.717) is 11.5 Å². The van der Waals surface area contributed by atoms with Crippen LogP contribution in [0.25, 0.3) is 0 Å². The first-order valence-corrected chi connectivity index (χ1v) is 8.70. The molecule has 1 amide bonds. The number of nitrogens with one attached hydrogen (secondary N) is 1. The topological polar surface area (TPSA) is 104 Å². The Morgan fingerprint density at radius 1 is 1.18 bits per heavy atom. The summed E-state index contributed by atoms with van der Waals surface area (Å²) in [5.41, 5.74) is 0.120. The highest BCUT2D eigenvalue weighted by Gasteiger charge is 2.25. The van der Waals surface area contributed by atoms with E-state index >= 15 is 0 Å². The van der Waals surface area contributed by atoms with Crippen LogP contribution in [0.4, 0.5) is 5.82 Å². The Morgan fingerprint density at radius 3 is 2.64 bits per heavy atom. The summed E-state index contributed by atoms with van der Waals surface area (Å²) >= 11 is 0. The van der Waals surface area contributed by atoms with Gasteiger partial charge in [0, 0.05) is 12.3 Å². The van der Waals surface area contributed by atoms with E-state index in [2.05, 4.69) is 15.5 Å². The zero-order valence-corrected chi connectivity index (χ0v) is 15.4. The number of hydrogen-bond donors (Lipinski definition) is 1. The van der Waals surface area contributed by atoms with Gasteiger partial charge in [-0.05, 0) is 37.6 Å². The van der Waals surface area contributed by atoms with Gasteiger partial charge < -0.3 is 19.3 Å². The van der Waals surface area contributed by atoms with Crippen LogP contribution in [0.2, 0.25) is 0 Å². The minimum atomic E-state index is -1.01. The molecule has 28 heavy (non-hydrogen) atoms. The van der Waals surface area contributed by atoms with Crippen molar-refractivity contribution in [2.45, 2.75) is 26.4 Å². The van der Waals surface area contributed by atoms with Gasteiger partial charge >= 0.3 is 5.97 Å². The van der Waals surface area contributed by atoms with Crippen molar-refractivity contribution in [2.75, 3.05) is 5.32 Å². The number of anilines is 1.